The van der Waals surface area contributed by atoms with E-state index in [1.807, 2.05) is 0 Å². The molecule has 0 saturated carbocycles. The van der Waals surface area contributed by atoms with Crippen LogP contribution >= 0.6 is 15.9 Å². The summed E-state index contributed by atoms with van der Waals surface area (Å²) in [6.07, 6.45) is 4.37. The third-order valence-corrected chi connectivity index (χ3v) is 2.37. The van der Waals surface area contributed by atoms with Gasteiger partial charge in [0, 0.05) is 11.8 Å². The molecule has 0 atom stereocenters. The first kappa shape index (κ1) is 9.91. The normalized spacial score (nSPS) is 10.5. The number of H-pyrrole nitrogens is 1. The molecule has 2 heterocycles. The average Bonchev–Trinajstić information content (AvgIpc) is 2.67. The molecule has 0 aliphatic rings. The van der Waals surface area contributed by atoms with Crippen LogP contribution < -0.4 is 11.2 Å². The number of aromatic amines is 1. The molecule has 0 fully saturated rings. The van der Waals surface area contributed by atoms with E-state index >= 15 is 0 Å². The predicted molar refractivity (Wildman–Crippen MR) is 54.6 cm³/mol. The van der Waals surface area contributed by atoms with E-state index in [4.69, 9.17) is 0 Å². The molecule has 0 amide bonds. The van der Waals surface area contributed by atoms with Gasteiger partial charge >= 0.3 is 5.69 Å². The Morgan fingerprint density at radius 3 is 3.00 bits per heavy atom. The Morgan fingerprint density at radius 2 is 2.33 bits per heavy atom. The van der Waals surface area contributed by atoms with Crippen LogP contribution in [-0.2, 0) is 6.54 Å². The van der Waals surface area contributed by atoms with Crippen molar-refractivity contribution in [2.75, 3.05) is 0 Å². The van der Waals surface area contributed by atoms with Gasteiger partial charge < -0.3 is 4.52 Å². The third-order valence-electron chi connectivity index (χ3n) is 1.80. The summed E-state index contributed by atoms with van der Waals surface area (Å²) in [6, 6.07) is 0. The van der Waals surface area contributed by atoms with Crippen molar-refractivity contribution in [1.29, 1.82) is 0 Å². The highest BCUT2D eigenvalue weighted by molar-refractivity contribution is 9.10. The van der Waals surface area contributed by atoms with Crippen molar-refractivity contribution >= 4 is 15.9 Å². The monoisotopic (exact) mass is 271 g/mol. The van der Waals surface area contributed by atoms with Gasteiger partial charge in [0.15, 0.2) is 0 Å². The molecule has 6 nitrogen and oxygen atoms in total. The van der Waals surface area contributed by atoms with Crippen molar-refractivity contribution in [1.82, 2.24) is 14.7 Å². The van der Waals surface area contributed by atoms with Crippen molar-refractivity contribution < 1.29 is 4.52 Å². The fourth-order valence-corrected chi connectivity index (χ4v) is 1.45. The lowest BCUT2D eigenvalue weighted by atomic mass is 10.3. The van der Waals surface area contributed by atoms with Crippen LogP contribution in [0.25, 0.3) is 0 Å². The molecule has 7 heteroatoms. The lowest BCUT2D eigenvalue weighted by Gasteiger charge is -2.01. The zero-order valence-electron chi connectivity index (χ0n) is 7.44. The van der Waals surface area contributed by atoms with E-state index in [1.165, 1.54) is 23.2 Å². The molecule has 2 aromatic heterocycles. The Labute approximate surface area is 91.7 Å². The highest BCUT2D eigenvalue weighted by atomic mass is 79.9. The number of hydrogen-bond acceptors (Lipinski definition) is 4. The minimum Gasteiger partial charge on any atom is -0.364 e. The molecule has 1 N–H and O–H groups in total. The summed E-state index contributed by atoms with van der Waals surface area (Å²) in [7, 11) is 0. The summed E-state index contributed by atoms with van der Waals surface area (Å²) >= 11 is 3.04. The van der Waals surface area contributed by atoms with Crippen molar-refractivity contribution in [2.45, 2.75) is 6.54 Å². The molecule has 15 heavy (non-hydrogen) atoms. The second kappa shape index (κ2) is 3.85. The molecule has 0 saturated heterocycles. The lowest BCUT2D eigenvalue weighted by molar-refractivity contribution is 0.418. The van der Waals surface area contributed by atoms with Gasteiger partial charge in [0.05, 0.1) is 17.2 Å². The summed E-state index contributed by atoms with van der Waals surface area (Å²) in [5, 5.41) is 3.51. The molecule has 0 spiro atoms. The van der Waals surface area contributed by atoms with E-state index < -0.39 is 11.2 Å². The fraction of sp³-hybridized carbons (Fsp3) is 0.125. The molecular weight excluding hydrogens is 266 g/mol. The lowest BCUT2D eigenvalue weighted by Crippen LogP contribution is -2.29. The number of halogens is 1. The predicted octanol–water partition coefficient (Wildman–Crippen LogP) is 0.335. The molecular formula is C8H6BrN3O3. The van der Waals surface area contributed by atoms with Crippen LogP contribution in [0.4, 0.5) is 0 Å². The first-order valence-electron chi connectivity index (χ1n) is 4.04. The Kier molecular flexibility index (Phi) is 2.55. The average molecular weight is 272 g/mol. The molecule has 78 valence electrons. The highest BCUT2D eigenvalue weighted by Crippen LogP contribution is 2.02. The van der Waals surface area contributed by atoms with Crippen LogP contribution in [0.1, 0.15) is 5.56 Å². The van der Waals surface area contributed by atoms with Crippen LogP contribution in [0.15, 0.2) is 37.2 Å². The van der Waals surface area contributed by atoms with E-state index in [2.05, 4.69) is 30.6 Å². The number of nitrogens with zero attached hydrogens (tertiary/aromatic N) is 2. The van der Waals surface area contributed by atoms with Gasteiger partial charge in [-0.2, -0.15) is 0 Å². The smallest absolute Gasteiger partial charge is 0.328 e. The first-order chi connectivity index (χ1) is 7.16. The highest BCUT2D eigenvalue weighted by Gasteiger charge is 2.03. The number of nitrogens with one attached hydrogen (secondary N) is 1. The Hall–Kier alpha value is -1.63. The SMILES string of the molecule is O=c1[nH]c(=O)n(Cc2cnoc2)cc1Br. The maximum absolute atomic E-state index is 11.4. The zero-order valence-corrected chi connectivity index (χ0v) is 9.02. The molecule has 0 aromatic carbocycles. The minimum absolute atomic E-state index is 0.303. The second-order valence-electron chi connectivity index (χ2n) is 2.90. The molecule has 0 radical (unpaired) electrons. The van der Waals surface area contributed by atoms with E-state index in [1.54, 1.807) is 0 Å². The quantitative estimate of drug-likeness (QED) is 0.854. The van der Waals surface area contributed by atoms with Crippen LogP contribution in [0.3, 0.4) is 0 Å². The van der Waals surface area contributed by atoms with E-state index in [0.29, 0.717) is 11.0 Å². The van der Waals surface area contributed by atoms with E-state index in [9.17, 15) is 9.59 Å². The van der Waals surface area contributed by atoms with Gasteiger partial charge in [-0.15, -0.1) is 0 Å². The fourth-order valence-electron chi connectivity index (χ4n) is 1.10. The third kappa shape index (κ3) is 2.07. The summed E-state index contributed by atoms with van der Waals surface area (Å²) in [4.78, 5) is 24.6. The first-order valence-corrected chi connectivity index (χ1v) is 4.83. The molecule has 0 unspecified atom stereocenters. The summed E-state index contributed by atoms with van der Waals surface area (Å²) in [5.41, 5.74) is -0.165. The largest absolute Gasteiger partial charge is 0.364 e. The van der Waals surface area contributed by atoms with Gasteiger partial charge in [-0.05, 0) is 15.9 Å². The zero-order chi connectivity index (χ0) is 10.8. The minimum atomic E-state index is -0.468. The van der Waals surface area contributed by atoms with Gasteiger partial charge in [0.2, 0.25) is 0 Å². The Balaban J connectivity index is 2.42. The number of rotatable bonds is 2. The van der Waals surface area contributed by atoms with Crippen molar-refractivity contribution in [3.8, 4) is 0 Å². The van der Waals surface area contributed by atoms with Crippen molar-refractivity contribution in [3.63, 3.8) is 0 Å². The van der Waals surface area contributed by atoms with Gasteiger partial charge in [0.25, 0.3) is 5.56 Å². The Morgan fingerprint density at radius 1 is 1.53 bits per heavy atom. The maximum Gasteiger partial charge on any atom is 0.328 e. The molecule has 0 aliphatic carbocycles. The molecule has 2 aromatic rings. The molecule has 2 rings (SSSR count). The molecule has 0 aliphatic heterocycles. The van der Waals surface area contributed by atoms with Crippen LogP contribution in [0, 0.1) is 0 Å². The molecule has 0 bridgehead atoms. The van der Waals surface area contributed by atoms with Gasteiger partial charge in [-0.25, -0.2) is 4.79 Å². The van der Waals surface area contributed by atoms with Crippen molar-refractivity contribution in [3.05, 3.63) is 49.5 Å². The number of aromatic nitrogens is 3. The van der Waals surface area contributed by atoms with E-state index in [-0.39, 0.29) is 0 Å². The summed E-state index contributed by atoms with van der Waals surface area (Å²) in [5.74, 6) is 0. The summed E-state index contributed by atoms with van der Waals surface area (Å²) in [6.45, 7) is 0.303. The summed E-state index contributed by atoms with van der Waals surface area (Å²) < 4.78 is 6.28. The second-order valence-corrected chi connectivity index (χ2v) is 3.75. The van der Waals surface area contributed by atoms with E-state index in [0.717, 1.165) is 5.56 Å². The standard InChI is InChI=1S/C8H6BrN3O3/c9-6-3-12(8(14)11-7(6)13)2-5-1-10-15-4-5/h1,3-4H,2H2,(H,11,13,14). The van der Waals surface area contributed by atoms with Gasteiger partial charge in [0.1, 0.15) is 6.26 Å². The van der Waals surface area contributed by atoms with Crippen LogP contribution in [-0.4, -0.2) is 14.7 Å². The maximum atomic E-state index is 11.4. The van der Waals surface area contributed by atoms with Crippen LogP contribution in [0.5, 0.6) is 0 Å². The topological polar surface area (TPSA) is 80.9 Å². The Bertz CT molecular complexity index is 570. The van der Waals surface area contributed by atoms with Crippen LogP contribution in [0.2, 0.25) is 0 Å². The van der Waals surface area contributed by atoms with Gasteiger partial charge in [-0.1, -0.05) is 5.16 Å². The van der Waals surface area contributed by atoms with Gasteiger partial charge in [-0.3, -0.25) is 14.3 Å². The number of hydrogen-bond donors (Lipinski definition) is 1. The van der Waals surface area contributed by atoms with Crippen molar-refractivity contribution in [2.24, 2.45) is 0 Å².